The molecule has 2 nitrogen and oxygen atoms in total. The number of nitrogens with zero attached hydrogens (tertiary/aromatic N) is 1. The summed E-state index contributed by atoms with van der Waals surface area (Å²) in [5.41, 5.74) is 0.175. The van der Waals surface area contributed by atoms with E-state index in [4.69, 9.17) is 0 Å². The van der Waals surface area contributed by atoms with E-state index in [2.05, 4.69) is 36.5 Å². The Labute approximate surface area is 109 Å². The summed E-state index contributed by atoms with van der Waals surface area (Å²) >= 11 is 1.80. The lowest BCUT2D eigenvalue weighted by Gasteiger charge is -2.40. The minimum absolute atomic E-state index is 0.175. The standard InChI is InChI=1S/C14H24N2S/c1-4-16-14(13-15-9-10-17-13)7-5-12(6-8-14)11(2)3/h9-12,16H,4-8H2,1-3H3. The second-order valence-electron chi connectivity index (χ2n) is 5.53. The molecule has 1 aromatic rings. The van der Waals surface area contributed by atoms with Gasteiger partial charge in [-0.3, -0.25) is 0 Å². The summed E-state index contributed by atoms with van der Waals surface area (Å²) in [6.07, 6.45) is 7.11. The van der Waals surface area contributed by atoms with Gasteiger partial charge in [0.15, 0.2) is 0 Å². The minimum Gasteiger partial charge on any atom is -0.306 e. The zero-order valence-corrected chi connectivity index (χ0v) is 12.0. The highest BCUT2D eigenvalue weighted by Crippen LogP contribution is 2.42. The van der Waals surface area contributed by atoms with Crippen molar-refractivity contribution in [3.63, 3.8) is 0 Å². The van der Waals surface area contributed by atoms with E-state index in [-0.39, 0.29) is 5.54 Å². The molecule has 0 atom stereocenters. The van der Waals surface area contributed by atoms with Gasteiger partial charge in [-0.05, 0) is 44.1 Å². The molecular weight excluding hydrogens is 228 g/mol. The Balaban J connectivity index is 2.11. The van der Waals surface area contributed by atoms with Crippen molar-refractivity contribution in [1.29, 1.82) is 0 Å². The Bertz CT molecular complexity index is 324. The lowest BCUT2D eigenvalue weighted by molar-refractivity contribution is 0.162. The van der Waals surface area contributed by atoms with Crippen molar-refractivity contribution < 1.29 is 0 Å². The van der Waals surface area contributed by atoms with E-state index in [1.54, 1.807) is 11.3 Å². The maximum Gasteiger partial charge on any atom is 0.113 e. The zero-order chi connectivity index (χ0) is 12.3. The molecule has 3 heteroatoms. The first-order valence-corrected chi connectivity index (χ1v) is 7.71. The van der Waals surface area contributed by atoms with E-state index >= 15 is 0 Å². The summed E-state index contributed by atoms with van der Waals surface area (Å²) in [6.45, 7) is 7.94. The molecule has 1 aliphatic rings. The molecule has 1 heterocycles. The highest BCUT2D eigenvalue weighted by atomic mass is 32.1. The summed E-state index contributed by atoms with van der Waals surface area (Å²) < 4.78 is 0. The van der Waals surface area contributed by atoms with Crippen molar-refractivity contribution >= 4 is 11.3 Å². The van der Waals surface area contributed by atoms with Crippen LogP contribution in [-0.2, 0) is 5.54 Å². The van der Waals surface area contributed by atoms with Crippen molar-refractivity contribution in [2.75, 3.05) is 6.54 Å². The predicted molar refractivity (Wildman–Crippen MR) is 74.3 cm³/mol. The second kappa shape index (κ2) is 5.49. The average molecular weight is 252 g/mol. The molecule has 0 saturated heterocycles. The maximum atomic E-state index is 4.56. The Morgan fingerprint density at radius 2 is 2.18 bits per heavy atom. The third kappa shape index (κ3) is 2.71. The fourth-order valence-corrected chi connectivity index (χ4v) is 3.94. The first-order valence-electron chi connectivity index (χ1n) is 6.83. The van der Waals surface area contributed by atoms with Gasteiger partial charge in [0.2, 0.25) is 0 Å². The van der Waals surface area contributed by atoms with Crippen molar-refractivity contribution in [2.24, 2.45) is 11.8 Å². The first-order chi connectivity index (χ1) is 8.18. The van der Waals surface area contributed by atoms with Gasteiger partial charge in [0, 0.05) is 11.6 Å². The quantitative estimate of drug-likeness (QED) is 0.882. The molecule has 1 fully saturated rings. The first kappa shape index (κ1) is 13.0. The third-order valence-electron chi connectivity index (χ3n) is 4.18. The molecule has 0 spiro atoms. The van der Waals surface area contributed by atoms with Crippen molar-refractivity contribution in [3.05, 3.63) is 16.6 Å². The summed E-state index contributed by atoms with van der Waals surface area (Å²) in [7, 11) is 0. The molecule has 96 valence electrons. The minimum atomic E-state index is 0.175. The number of hydrogen-bond acceptors (Lipinski definition) is 3. The monoisotopic (exact) mass is 252 g/mol. The SMILES string of the molecule is CCNC1(c2nccs2)CCC(C(C)C)CC1. The van der Waals surface area contributed by atoms with Crippen LogP contribution >= 0.6 is 11.3 Å². The summed E-state index contributed by atoms with van der Waals surface area (Å²) in [5.74, 6) is 1.73. The highest BCUT2D eigenvalue weighted by molar-refractivity contribution is 7.09. The average Bonchev–Trinajstić information content (AvgIpc) is 2.84. The van der Waals surface area contributed by atoms with Crippen LogP contribution in [0.2, 0.25) is 0 Å². The molecule has 1 aromatic heterocycles. The van der Waals surface area contributed by atoms with Crippen LogP contribution in [0.4, 0.5) is 0 Å². The molecule has 0 bridgehead atoms. The molecule has 2 rings (SSSR count). The van der Waals surface area contributed by atoms with Crippen LogP contribution in [0.15, 0.2) is 11.6 Å². The lowest BCUT2D eigenvalue weighted by atomic mass is 9.73. The Hall–Kier alpha value is -0.410. The van der Waals surface area contributed by atoms with Gasteiger partial charge in [0.1, 0.15) is 5.01 Å². The van der Waals surface area contributed by atoms with Crippen LogP contribution < -0.4 is 5.32 Å². The van der Waals surface area contributed by atoms with Crippen LogP contribution in [0.1, 0.15) is 51.5 Å². The number of hydrogen-bond donors (Lipinski definition) is 1. The predicted octanol–water partition coefficient (Wildman–Crippen LogP) is 3.79. The Morgan fingerprint density at radius 1 is 1.47 bits per heavy atom. The Kier molecular flexibility index (Phi) is 4.21. The van der Waals surface area contributed by atoms with Gasteiger partial charge < -0.3 is 5.32 Å². The fourth-order valence-electron chi connectivity index (χ4n) is 3.06. The topological polar surface area (TPSA) is 24.9 Å². The van der Waals surface area contributed by atoms with E-state index in [0.29, 0.717) is 0 Å². The van der Waals surface area contributed by atoms with Gasteiger partial charge in [-0.15, -0.1) is 11.3 Å². The normalized spacial score (nSPS) is 29.8. The molecule has 0 unspecified atom stereocenters. The van der Waals surface area contributed by atoms with E-state index in [9.17, 15) is 0 Å². The number of aromatic nitrogens is 1. The largest absolute Gasteiger partial charge is 0.306 e. The maximum absolute atomic E-state index is 4.56. The zero-order valence-electron chi connectivity index (χ0n) is 11.2. The molecule has 17 heavy (non-hydrogen) atoms. The van der Waals surface area contributed by atoms with Gasteiger partial charge in [0.25, 0.3) is 0 Å². The van der Waals surface area contributed by atoms with E-state index in [1.807, 2.05) is 6.20 Å². The lowest BCUT2D eigenvalue weighted by Crippen LogP contribution is -2.45. The van der Waals surface area contributed by atoms with Crippen LogP contribution in [0.3, 0.4) is 0 Å². The second-order valence-corrected chi connectivity index (χ2v) is 6.43. The van der Waals surface area contributed by atoms with Crippen molar-refractivity contribution in [2.45, 2.75) is 52.0 Å². The van der Waals surface area contributed by atoms with Gasteiger partial charge in [-0.25, -0.2) is 4.98 Å². The van der Waals surface area contributed by atoms with E-state index in [1.165, 1.54) is 30.7 Å². The van der Waals surface area contributed by atoms with Gasteiger partial charge in [-0.2, -0.15) is 0 Å². The van der Waals surface area contributed by atoms with Gasteiger partial charge >= 0.3 is 0 Å². The van der Waals surface area contributed by atoms with Crippen molar-refractivity contribution in [1.82, 2.24) is 10.3 Å². The van der Waals surface area contributed by atoms with Crippen molar-refractivity contribution in [3.8, 4) is 0 Å². The van der Waals surface area contributed by atoms with Crippen LogP contribution in [0.5, 0.6) is 0 Å². The number of rotatable bonds is 4. The molecule has 0 aromatic carbocycles. The molecule has 0 radical (unpaired) electrons. The summed E-state index contributed by atoms with van der Waals surface area (Å²) in [5, 5.41) is 7.10. The molecule has 1 aliphatic carbocycles. The summed E-state index contributed by atoms with van der Waals surface area (Å²) in [6, 6.07) is 0. The van der Waals surface area contributed by atoms with E-state index < -0.39 is 0 Å². The number of nitrogens with one attached hydrogen (secondary N) is 1. The third-order valence-corrected chi connectivity index (χ3v) is 5.16. The molecule has 0 aliphatic heterocycles. The molecule has 1 saturated carbocycles. The molecular formula is C14H24N2S. The molecule has 1 N–H and O–H groups in total. The van der Waals surface area contributed by atoms with Crippen LogP contribution in [0.25, 0.3) is 0 Å². The number of thiazole rings is 1. The van der Waals surface area contributed by atoms with Crippen LogP contribution in [-0.4, -0.2) is 11.5 Å². The molecule has 0 amide bonds. The van der Waals surface area contributed by atoms with Gasteiger partial charge in [-0.1, -0.05) is 20.8 Å². The smallest absolute Gasteiger partial charge is 0.113 e. The van der Waals surface area contributed by atoms with Gasteiger partial charge in [0.05, 0.1) is 5.54 Å². The van der Waals surface area contributed by atoms with Crippen LogP contribution in [0, 0.1) is 11.8 Å². The summed E-state index contributed by atoms with van der Waals surface area (Å²) in [4.78, 5) is 4.56. The Morgan fingerprint density at radius 3 is 2.65 bits per heavy atom. The van der Waals surface area contributed by atoms with E-state index in [0.717, 1.165) is 18.4 Å². The fraction of sp³-hybridized carbons (Fsp3) is 0.786. The highest BCUT2D eigenvalue weighted by Gasteiger charge is 2.38.